The predicted molar refractivity (Wildman–Crippen MR) is 105 cm³/mol. The number of rotatable bonds is 2. The number of aryl methyl sites for hydroxylation is 1. The van der Waals surface area contributed by atoms with Gasteiger partial charge < -0.3 is 10.2 Å². The van der Waals surface area contributed by atoms with E-state index >= 15 is 0 Å². The molecule has 0 radical (unpaired) electrons. The van der Waals surface area contributed by atoms with Crippen molar-refractivity contribution in [3.63, 3.8) is 0 Å². The summed E-state index contributed by atoms with van der Waals surface area (Å²) in [6.07, 6.45) is 0. The standard InChI is InChI=1S/C23H18N2O2/c1-15-9-5-6-12-17(15)20-21(16-10-3-2-4-11-16)25-27-23(20)18-13-7-8-14-19(18)24-22(23)26/h2-14,20H,1H3,(H,24,26)/t20-,23-/m0/s1. The summed E-state index contributed by atoms with van der Waals surface area (Å²) in [7, 11) is 0. The molecule has 4 heteroatoms. The number of hydrogen-bond acceptors (Lipinski definition) is 3. The van der Waals surface area contributed by atoms with Gasteiger partial charge in [0.1, 0.15) is 0 Å². The molecule has 1 spiro atoms. The average molecular weight is 354 g/mol. The Morgan fingerprint density at radius 1 is 0.926 bits per heavy atom. The van der Waals surface area contributed by atoms with Crippen molar-refractivity contribution in [2.45, 2.75) is 18.4 Å². The number of anilines is 1. The van der Waals surface area contributed by atoms with Crippen LogP contribution in [0.15, 0.2) is 84.0 Å². The van der Waals surface area contributed by atoms with Gasteiger partial charge in [-0.15, -0.1) is 0 Å². The van der Waals surface area contributed by atoms with Crippen LogP contribution in [0.4, 0.5) is 5.69 Å². The minimum atomic E-state index is -1.19. The molecule has 0 aromatic heterocycles. The van der Waals surface area contributed by atoms with Crippen molar-refractivity contribution in [2.75, 3.05) is 5.32 Å². The second-order valence-corrected chi connectivity index (χ2v) is 6.96. The zero-order valence-electron chi connectivity index (χ0n) is 14.8. The lowest BCUT2D eigenvalue weighted by Crippen LogP contribution is -2.41. The van der Waals surface area contributed by atoms with Gasteiger partial charge in [-0.3, -0.25) is 4.79 Å². The molecule has 3 aromatic carbocycles. The summed E-state index contributed by atoms with van der Waals surface area (Å²) in [6.45, 7) is 2.06. The molecule has 0 aliphatic carbocycles. The van der Waals surface area contributed by atoms with Gasteiger partial charge in [-0.2, -0.15) is 0 Å². The molecule has 1 N–H and O–H groups in total. The molecule has 0 bridgehead atoms. The fraction of sp³-hybridized carbons (Fsp3) is 0.130. The smallest absolute Gasteiger partial charge is 0.277 e. The van der Waals surface area contributed by atoms with Crippen LogP contribution >= 0.6 is 0 Å². The lowest BCUT2D eigenvalue weighted by molar-refractivity contribution is -0.139. The molecule has 0 fully saturated rings. The third-order valence-electron chi connectivity index (χ3n) is 5.45. The number of carbonyl (C=O) groups is 1. The molecule has 3 aromatic rings. The molecular formula is C23H18N2O2. The van der Waals surface area contributed by atoms with Gasteiger partial charge in [-0.25, -0.2) is 0 Å². The number of amides is 1. The maximum Gasteiger partial charge on any atom is 0.277 e. The van der Waals surface area contributed by atoms with Gasteiger partial charge in [0.25, 0.3) is 11.5 Å². The van der Waals surface area contributed by atoms with Gasteiger partial charge >= 0.3 is 0 Å². The topological polar surface area (TPSA) is 50.7 Å². The van der Waals surface area contributed by atoms with Crippen LogP contribution in [-0.2, 0) is 15.2 Å². The Morgan fingerprint density at radius 3 is 2.44 bits per heavy atom. The number of nitrogens with one attached hydrogen (secondary N) is 1. The molecule has 4 nitrogen and oxygen atoms in total. The Hall–Kier alpha value is -3.40. The summed E-state index contributed by atoms with van der Waals surface area (Å²) >= 11 is 0. The van der Waals surface area contributed by atoms with E-state index < -0.39 is 5.60 Å². The highest BCUT2D eigenvalue weighted by molar-refractivity contribution is 6.15. The lowest BCUT2D eigenvalue weighted by Gasteiger charge is -2.29. The van der Waals surface area contributed by atoms with E-state index in [4.69, 9.17) is 4.84 Å². The summed E-state index contributed by atoms with van der Waals surface area (Å²) < 4.78 is 0. The number of benzene rings is 3. The molecule has 0 saturated heterocycles. The Bertz CT molecular complexity index is 1070. The van der Waals surface area contributed by atoms with Crippen LogP contribution in [0.3, 0.4) is 0 Å². The van der Waals surface area contributed by atoms with Gasteiger partial charge in [-0.05, 0) is 24.1 Å². The van der Waals surface area contributed by atoms with Crippen LogP contribution in [0.2, 0.25) is 0 Å². The van der Waals surface area contributed by atoms with Crippen molar-refractivity contribution in [2.24, 2.45) is 5.16 Å². The zero-order chi connectivity index (χ0) is 18.4. The third-order valence-corrected chi connectivity index (χ3v) is 5.45. The lowest BCUT2D eigenvalue weighted by atomic mass is 9.73. The number of carbonyl (C=O) groups excluding carboxylic acids is 1. The minimum absolute atomic E-state index is 0.174. The Balaban J connectivity index is 1.77. The van der Waals surface area contributed by atoms with Gasteiger partial charge in [0.2, 0.25) is 0 Å². The summed E-state index contributed by atoms with van der Waals surface area (Å²) in [5.41, 5.74) is 4.31. The SMILES string of the molecule is Cc1ccccc1[C@H]1C(c2ccccc2)=NO[C@]12C(=O)Nc1ccccc12. The highest BCUT2D eigenvalue weighted by Crippen LogP contribution is 2.53. The van der Waals surface area contributed by atoms with Crippen LogP contribution in [0.5, 0.6) is 0 Å². The van der Waals surface area contributed by atoms with Crippen molar-refractivity contribution >= 4 is 17.3 Å². The molecule has 5 rings (SSSR count). The van der Waals surface area contributed by atoms with Crippen LogP contribution < -0.4 is 5.32 Å². The normalized spacial score (nSPS) is 22.9. The zero-order valence-corrected chi connectivity index (χ0v) is 14.8. The second-order valence-electron chi connectivity index (χ2n) is 6.96. The number of hydrogen-bond donors (Lipinski definition) is 1. The summed E-state index contributed by atoms with van der Waals surface area (Å²) in [5, 5.41) is 7.43. The van der Waals surface area contributed by atoms with E-state index in [0.29, 0.717) is 0 Å². The highest BCUT2D eigenvalue weighted by atomic mass is 16.7. The summed E-state index contributed by atoms with van der Waals surface area (Å²) in [4.78, 5) is 19.2. The van der Waals surface area contributed by atoms with Crippen LogP contribution in [0, 0.1) is 6.92 Å². The molecule has 1 amide bonds. The maximum absolute atomic E-state index is 13.2. The first-order valence-electron chi connectivity index (χ1n) is 9.00. The maximum atomic E-state index is 13.2. The first-order valence-corrected chi connectivity index (χ1v) is 9.00. The molecule has 2 aliphatic heterocycles. The fourth-order valence-electron chi connectivity index (χ4n) is 4.16. The van der Waals surface area contributed by atoms with E-state index in [2.05, 4.69) is 29.5 Å². The van der Waals surface area contributed by atoms with Gasteiger partial charge in [-0.1, -0.05) is 78.0 Å². The van der Waals surface area contributed by atoms with Crippen LogP contribution in [-0.4, -0.2) is 11.6 Å². The van der Waals surface area contributed by atoms with Crippen molar-refractivity contribution in [3.05, 3.63) is 101 Å². The number of nitrogens with zero attached hydrogens (tertiary/aromatic N) is 1. The van der Waals surface area contributed by atoms with Gasteiger partial charge in [0.15, 0.2) is 0 Å². The summed E-state index contributed by atoms with van der Waals surface area (Å²) in [5.74, 6) is -0.503. The van der Waals surface area contributed by atoms with E-state index in [1.165, 1.54) is 0 Å². The molecule has 2 atom stereocenters. The quantitative estimate of drug-likeness (QED) is 0.743. The molecule has 0 saturated carbocycles. The Labute approximate surface area is 157 Å². The molecule has 0 unspecified atom stereocenters. The molecule has 132 valence electrons. The monoisotopic (exact) mass is 354 g/mol. The Morgan fingerprint density at radius 2 is 1.63 bits per heavy atom. The Kier molecular flexibility index (Phi) is 3.41. The van der Waals surface area contributed by atoms with Gasteiger partial charge in [0.05, 0.1) is 11.6 Å². The first kappa shape index (κ1) is 15.8. The molecule has 27 heavy (non-hydrogen) atoms. The first-order chi connectivity index (χ1) is 13.2. The summed E-state index contributed by atoms with van der Waals surface area (Å²) in [6, 6.07) is 25.7. The second kappa shape index (κ2) is 5.81. The van der Waals surface area contributed by atoms with E-state index in [9.17, 15) is 4.79 Å². The fourth-order valence-corrected chi connectivity index (χ4v) is 4.16. The highest BCUT2D eigenvalue weighted by Gasteiger charge is 2.61. The molecular weight excluding hydrogens is 336 g/mol. The van der Waals surface area contributed by atoms with Gasteiger partial charge in [0, 0.05) is 16.8 Å². The molecule has 2 aliphatic rings. The molecule has 2 heterocycles. The van der Waals surface area contributed by atoms with Crippen LogP contribution in [0.25, 0.3) is 0 Å². The number of fused-ring (bicyclic) bond motifs is 2. The van der Waals surface area contributed by atoms with Crippen molar-refractivity contribution < 1.29 is 9.63 Å². The van der Waals surface area contributed by atoms with E-state index in [1.807, 2.05) is 66.7 Å². The predicted octanol–water partition coefficient (Wildman–Crippen LogP) is 4.36. The van der Waals surface area contributed by atoms with E-state index in [1.54, 1.807) is 0 Å². The van der Waals surface area contributed by atoms with Crippen molar-refractivity contribution in [1.82, 2.24) is 0 Å². The average Bonchev–Trinajstić information content (AvgIpc) is 3.23. The minimum Gasteiger partial charge on any atom is -0.373 e. The van der Waals surface area contributed by atoms with E-state index in [-0.39, 0.29) is 11.8 Å². The number of oxime groups is 1. The third kappa shape index (κ3) is 2.16. The van der Waals surface area contributed by atoms with Crippen molar-refractivity contribution in [1.29, 1.82) is 0 Å². The van der Waals surface area contributed by atoms with E-state index in [0.717, 1.165) is 33.7 Å². The van der Waals surface area contributed by atoms with Crippen molar-refractivity contribution in [3.8, 4) is 0 Å². The largest absolute Gasteiger partial charge is 0.373 e. The number of para-hydroxylation sites is 1. The van der Waals surface area contributed by atoms with Crippen LogP contribution in [0.1, 0.15) is 28.2 Å².